The van der Waals surface area contributed by atoms with Gasteiger partial charge in [0.25, 0.3) is 0 Å². The number of aromatic amines is 1. The van der Waals surface area contributed by atoms with Crippen molar-refractivity contribution in [2.75, 3.05) is 48.6 Å². The van der Waals surface area contributed by atoms with E-state index in [4.69, 9.17) is 61.1 Å². The van der Waals surface area contributed by atoms with E-state index in [2.05, 4.69) is 16.0 Å². The molecule has 4 aromatic rings. The third-order valence-corrected chi connectivity index (χ3v) is 11.5. The first-order valence-corrected chi connectivity index (χ1v) is 18.6. The number of aromatic nitrogens is 1. The van der Waals surface area contributed by atoms with E-state index in [-0.39, 0.29) is 47.3 Å². The van der Waals surface area contributed by atoms with E-state index in [9.17, 15) is 14.4 Å². The number of piperidine rings is 1. The lowest BCUT2D eigenvalue weighted by atomic mass is 9.63. The summed E-state index contributed by atoms with van der Waals surface area (Å²) in [6.45, 7) is 1.40. The summed E-state index contributed by atoms with van der Waals surface area (Å²) < 4.78 is 44.7. The van der Waals surface area contributed by atoms with Gasteiger partial charge in [-0.05, 0) is 84.7 Å². The number of esters is 2. The monoisotopic (exact) mass is 796 g/mol. The highest BCUT2D eigenvalue weighted by molar-refractivity contribution is 6.34. The molecule has 2 fully saturated rings. The van der Waals surface area contributed by atoms with Gasteiger partial charge in [-0.3, -0.25) is 9.69 Å². The number of hydrogen-bond donors (Lipinski definition) is 1. The zero-order valence-electron chi connectivity index (χ0n) is 31.0. The minimum Gasteiger partial charge on any atom is -0.497 e. The van der Waals surface area contributed by atoms with Crippen LogP contribution >= 0.6 is 23.2 Å². The highest BCUT2D eigenvalue weighted by atomic mass is 35.5. The van der Waals surface area contributed by atoms with Gasteiger partial charge in [-0.15, -0.1) is 0 Å². The summed E-state index contributed by atoms with van der Waals surface area (Å²) >= 11 is 12.1. The van der Waals surface area contributed by atoms with E-state index < -0.39 is 36.2 Å². The minimum atomic E-state index is -1.05. The molecule has 1 aliphatic carbocycles. The van der Waals surface area contributed by atoms with E-state index in [0.29, 0.717) is 35.0 Å². The smallest absolute Gasteiger partial charge is 0.497 e. The highest BCUT2D eigenvalue weighted by Crippen LogP contribution is 2.51. The van der Waals surface area contributed by atoms with Crippen LogP contribution in [-0.2, 0) is 36.8 Å². The SMILES string of the molecule is COC(=O)[C@H]1[C@H]2C[C@@H]3c4[nH]c5cc(OC)ccc5c4CCN3C[C@H]2C[C@@H](OC(=O)c2cc(OC)c(OC(=O)OCc3cc(Cl)cc(Cl)c3)c(OC)c2)[C@@H]1OC. The maximum atomic E-state index is 13.9. The van der Waals surface area contributed by atoms with Crippen LogP contribution in [0.15, 0.2) is 48.5 Å². The summed E-state index contributed by atoms with van der Waals surface area (Å²) in [4.78, 5) is 46.3. The number of carbonyl (C=O) groups is 3. The molecule has 3 heterocycles. The van der Waals surface area contributed by atoms with Crippen LogP contribution in [0.25, 0.3) is 10.9 Å². The maximum absolute atomic E-state index is 13.9. The molecule has 2 aliphatic heterocycles. The van der Waals surface area contributed by atoms with Crippen LogP contribution in [0, 0.1) is 17.8 Å². The van der Waals surface area contributed by atoms with Crippen molar-refractivity contribution in [3.05, 3.63) is 81.0 Å². The Bertz CT molecular complexity index is 2060. The molecule has 1 aromatic heterocycles. The Labute approximate surface area is 327 Å². The van der Waals surface area contributed by atoms with Crippen LogP contribution in [0.4, 0.5) is 4.79 Å². The van der Waals surface area contributed by atoms with Gasteiger partial charge in [-0.1, -0.05) is 23.2 Å². The van der Waals surface area contributed by atoms with Crippen molar-refractivity contribution in [1.82, 2.24) is 9.88 Å². The van der Waals surface area contributed by atoms with Gasteiger partial charge < -0.3 is 42.9 Å². The molecule has 1 N–H and O–H groups in total. The van der Waals surface area contributed by atoms with Crippen molar-refractivity contribution < 1.29 is 52.3 Å². The maximum Gasteiger partial charge on any atom is 0.514 e. The number of halogens is 2. The second kappa shape index (κ2) is 16.2. The quantitative estimate of drug-likeness (QED) is 0.0986. The molecule has 1 saturated heterocycles. The van der Waals surface area contributed by atoms with Crippen molar-refractivity contribution >= 4 is 52.2 Å². The Hall–Kier alpha value is -4.69. The number of ether oxygens (including phenoxy) is 8. The molecule has 3 aromatic carbocycles. The predicted octanol–water partition coefficient (Wildman–Crippen LogP) is 7.18. The number of fused-ring (bicyclic) bond motifs is 6. The third-order valence-electron chi connectivity index (χ3n) is 11.0. The van der Waals surface area contributed by atoms with Crippen LogP contribution < -0.4 is 18.9 Å². The number of benzene rings is 3. The van der Waals surface area contributed by atoms with Crippen molar-refractivity contribution in [3.8, 4) is 23.0 Å². The van der Waals surface area contributed by atoms with E-state index in [1.807, 2.05) is 12.1 Å². The van der Waals surface area contributed by atoms with Crippen molar-refractivity contribution in [2.24, 2.45) is 17.8 Å². The molecule has 0 unspecified atom stereocenters. The number of rotatable bonds is 10. The molecule has 0 radical (unpaired) electrons. The Morgan fingerprint density at radius 2 is 1.62 bits per heavy atom. The Kier molecular flexibility index (Phi) is 11.4. The molecule has 3 aliphatic rings. The average Bonchev–Trinajstić information content (AvgIpc) is 3.56. The lowest BCUT2D eigenvalue weighted by molar-refractivity contribution is -0.176. The van der Waals surface area contributed by atoms with Crippen LogP contribution in [-0.4, -0.2) is 88.8 Å². The van der Waals surface area contributed by atoms with Gasteiger partial charge in [-0.25, -0.2) is 9.59 Å². The lowest BCUT2D eigenvalue weighted by Gasteiger charge is -2.52. The van der Waals surface area contributed by atoms with Gasteiger partial charge in [0.1, 0.15) is 24.6 Å². The van der Waals surface area contributed by atoms with Gasteiger partial charge in [0, 0.05) is 52.9 Å². The Morgan fingerprint density at radius 1 is 0.891 bits per heavy atom. The Balaban J connectivity index is 1.09. The fraction of sp³-hybridized carbons (Fsp3) is 0.425. The minimum absolute atomic E-state index is 0.0179. The first-order valence-electron chi connectivity index (χ1n) is 17.8. The normalized spacial score (nSPS) is 23.1. The fourth-order valence-electron chi connectivity index (χ4n) is 8.61. The average molecular weight is 798 g/mol. The lowest BCUT2D eigenvalue weighted by Crippen LogP contribution is -2.58. The van der Waals surface area contributed by atoms with Crippen LogP contribution in [0.2, 0.25) is 10.0 Å². The Morgan fingerprint density at radius 3 is 2.27 bits per heavy atom. The fourth-order valence-corrected chi connectivity index (χ4v) is 9.18. The van der Waals surface area contributed by atoms with Crippen LogP contribution in [0.1, 0.15) is 46.1 Å². The first kappa shape index (κ1) is 38.6. The zero-order valence-corrected chi connectivity index (χ0v) is 32.5. The van der Waals surface area contributed by atoms with E-state index >= 15 is 0 Å². The molecular formula is C40H42Cl2N2O11. The standard InChI is InChI=1S/C40H42Cl2N2O11/c1-48-25-6-7-26-27-8-9-44-18-22-14-33(37(51-4)34(39(46)52-5)28(22)17-30(44)35(27)43-29(26)16-25)54-38(45)21-12-31(49-2)36(32(13-21)50-3)55-40(47)53-19-20-10-23(41)15-24(42)11-20/h6-7,10-13,15-16,22,28,30,33-34,37,43H,8-9,14,17-19H2,1-5H3/t22-,28+,30-,33-,34+,37+/m1/s1. The van der Waals surface area contributed by atoms with Gasteiger partial charge in [-0.2, -0.15) is 0 Å². The number of nitrogens with zero attached hydrogens (tertiary/aromatic N) is 1. The predicted molar refractivity (Wildman–Crippen MR) is 201 cm³/mol. The number of H-pyrrole nitrogens is 1. The molecule has 0 spiro atoms. The second-order valence-electron chi connectivity index (χ2n) is 13.9. The summed E-state index contributed by atoms with van der Waals surface area (Å²) in [5.74, 6) is -1.15. The summed E-state index contributed by atoms with van der Waals surface area (Å²) in [6.07, 6.45) is -0.541. The van der Waals surface area contributed by atoms with Gasteiger partial charge in [0.2, 0.25) is 5.75 Å². The van der Waals surface area contributed by atoms with Gasteiger partial charge in [0.15, 0.2) is 11.5 Å². The van der Waals surface area contributed by atoms with E-state index in [1.54, 1.807) is 25.3 Å². The van der Waals surface area contributed by atoms with E-state index in [1.165, 1.54) is 51.5 Å². The number of nitrogens with one attached hydrogen (secondary N) is 1. The molecule has 0 bridgehead atoms. The molecule has 0 amide bonds. The van der Waals surface area contributed by atoms with E-state index in [0.717, 1.165) is 29.9 Å². The van der Waals surface area contributed by atoms with Crippen molar-refractivity contribution in [1.29, 1.82) is 0 Å². The molecular weight excluding hydrogens is 755 g/mol. The largest absolute Gasteiger partial charge is 0.514 e. The number of hydrogen-bond acceptors (Lipinski definition) is 12. The summed E-state index contributed by atoms with van der Waals surface area (Å²) in [5.41, 5.74) is 4.10. The summed E-state index contributed by atoms with van der Waals surface area (Å²) in [7, 11) is 7.24. The first-order chi connectivity index (χ1) is 26.5. The summed E-state index contributed by atoms with van der Waals surface area (Å²) in [6, 6.07) is 13.7. The van der Waals surface area contributed by atoms with Crippen molar-refractivity contribution in [2.45, 2.75) is 44.1 Å². The summed E-state index contributed by atoms with van der Waals surface area (Å²) in [5, 5.41) is 1.95. The molecule has 55 heavy (non-hydrogen) atoms. The number of methoxy groups -OCH3 is 5. The van der Waals surface area contributed by atoms with Crippen LogP contribution in [0.5, 0.6) is 23.0 Å². The zero-order chi connectivity index (χ0) is 39.0. The topological polar surface area (TPSA) is 144 Å². The van der Waals surface area contributed by atoms with Crippen LogP contribution in [0.3, 0.4) is 0 Å². The molecule has 13 nitrogen and oxygen atoms in total. The molecule has 7 rings (SSSR count). The molecule has 6 atom stereocenters. The van der Waals surface area contributed by atoms with Crippen molar-refractivity contribution in [3.63, 3.8) is 0 Å². The highest BCUT2D eigenvalue weighted by Gasteiger charge is 2.54. The molecule has 15 heteroatoms. The van der Waals surface area contributed by atoms with Gasteiger partial charge >= 0.3 is 18.1 Å². The number of carbonyl (C=O) groups excluding carboxylic acids is 3. The van der Waals surface area contributed by atoms with Gasteiger partial charge in [0.05, 0.1) is 46.0 Å². The second-order valence-corrected chi connectivity index (χ2v) is 14.8. The molecule has 1 saturated carbocycles. The molecule has 292 valence electrons. The third kappa shape index (κ3) is 7.62.